The first-order valence-electron chi connectivity index (χ1n) is 6.95. The van der Waals surface area contributed by atoms with Crippen LogP contribution in [-0.2, 0) is 9.59 Å². The number of hydrogen-bond donors (Lipinski definition) is 3. The smallest absolute Gasteiger partial charge is 0.243 e. The maximum absolute atomic E-state index is 11.9. The van der Waals surface area contributed by atoms with E-state index in [0.717, 1.165) is 0 Å². The molecule has 0 heterocycles. The van der Waals surface area contributed by atoms with Gasteiger partial charge < -0.3 is 25.4 Å². The molecule has 7 nitrogen and oxygen atoms in total. The molecule has 1 rings (SSSR count). The Morgan fingerprint density at radius 2 is 1.70 bits per heavy atom. The Hall–Kier alpha value is -1.99. The van der Waals surface area contributed by atoms with E-state index in [-0.39, 0.29) is 36.7 Å². The molecule has 1 aromatic rings. The second-order valence-corrected chi connectivity index (χ2v) is 4.83. The normalized spacial score (nSPS) is 11.0. The number of carbonyl (C=O) groups is 2. The molecular formula is C15H24ClN3O4. The van der Waals surface area contributed by atoms with Crippen LogP contribution in [0.1, 0.15) is 6.92 Å². The Bertz CT molecular complexity index is 503. The van der Waals surface area contributed by atoms with E-state index in [0.29, 0.717) is 23.7 Å². The second-order valence-electron chi connectivity index (χ2n) is 4.83. The molecule has 1 aromatic carbocycles. The van der Waals surface area contributed by atoms with Crippen molar-refractivity contribution in [2.75, 3.05) is 39.7 Å². The van der Waals surface area contributed by atoms with Gasteiger partial charge in [-0.3, -0.25) is 9.59 Å². The van der Waals surface area contributed by atoms with Gasteiger partial charge in [0.25, 0.3) is 0 Å². The van der Waals surface area contributed by atoms with E-state index in [4.69, 9.17) is 9.47 Å². The van der Waals surface area contributed by atoms with Crippen LogP contribution in [-0.4, -0.2) is 46.2 Å². The fourth-order valence-electron chi connectivity index (χ4n) is 1.83. The summed E-state index contributed by atoms with van der Waals surface area (Å²) in [5.74, 6) is 0.449. The van der Waals surface area contributed by atoms with Crippen LogP contribution in [0.2, 0.25) is 0 Å². The van der Waals surface area contributed by atoms with Crippen molar-refractivity contribution in [3.05, 3.63) is 18.2 Å². The fraction of sp³-hybridized carbons (Fsp3) is 0.467. The molecule has 8 heteroatoms. The van der Waals surface area contributed by atoms with E-state index in [1.54, 1.807) is 32.2 Å². The van der Waals surface area contributed by atoms with Crippen LogP contribution in [0.15, 0.2) is 18.2 Å². The number of anilines is 1. The Kier molecular flexibility index (Phi) is 9.76. The molecule has 1 unspecified atom stereocenters. The molecule has 0 aromatic heterocycles. The fourth-order valence-corrected chi connectivity index (χ4v) is 1.83. The lowest BCUT2D eigenvalue weighted by Crippen LogP contribution is -2.38. The number of carbonyl (C=O) groups excluding carboxylic acids is 2. The van der Waals surface area contributed by atoms with Crippen molar-refractivity contribution in [1.29, 1.82) is 0 Å². The minimum absolute atomic E-state index is 0. The lowest BCUT2D eigenvalue weighted by molar-refractivity contribution is -0.126. The number of amides is 2. The summed E-state index contributed by atoms with van der Waals surface area (Å²) in [4.78, 5) is 23.6. The van der Waals surface area contributed by atoms with E-state index >= 15 is 0 Å². The first-order valence-corrected chi connectivity index (χ1v) is 6.95. The summed E-state index contributed by atoms with van der Waals surface area (Å²) in [6.45, 7) is 2.25. The predicted octanol–water partition coefficient (Wildman–Crippen LogP) is 1.04. The Morgan fingerprint density at radius 1 is 1.13 bits per heavy atom. The highest BCUT2D eigenvalue weighted by molar-refractivity contribution is 5.95. The molecule has 0 radical (unpaired) electrons. The summed E-state index contributed by atoms with van der Waals surface area (Å²) >= 11 is 0. The van der Waals surface area contributed by atoms with Crippen molar-refractivity contribution in [3.63, 3.8) is 0 Å². The first kappa shape index (κ1) is 21.0. The van der Waals surface area contributed by atoms with Crippen LogP contribution < -0.4 is 25.4 Å². The number of ether oxygens (including phenoxy) is 2. The third-order valence-corrected chi connectivity index (χ3v) is 3.02. The molecule has 0 aliphatic rings. The largest absolute Gasteiger partial charge is 0.497 e. The molecule has 2 amide bonds. The molecule has 3 N–H and O–H groups in total. The van der Waals surface area contributed by atoms with Gasteiger partial charge in [0, 0.05) is 36.3 Å². The SMILES string of the molecule is CNCC(C)C(=O)NCC(=O)Nc1cc(OC)cc(OC)c1.Cl. The predicted molar refractivity (Wildman–Crippen MR) is 91.5 cm³/mol. The Balaban J connectivity index is 0.00000484. The van der Waals surface area contributed by atoms with E-state index in [2.05, 4.69) is 16.0 Å². The van der Waals surface area contributed by atoms with Crippen LogP contribution in [0.5, 0.6) is 11.5 Å². The average molecular weight is 346 g/mol. The second kappa shape index (κ2) is 10.7. The summed E-state index contributed by atoms with van der Waals surface area (Å²) in [5, 5.41) is 8.19. The van der Waals surface area contributed by atoms with Crippen LogP contribution in [0.25, 0.3) is 0 Å². The van der Waals surface area contributed by atoms with Gasteiger partial charge in [-0.2, -0.15) is 0 Å². The highest BCUT2D eigenvalue weighted by atomic mass is 35.5. The van der Waals surface area contributed by atoms with Gasteiger partial charge in [0.1, 0.15) is 11.5 Å². The lowest BCUT2D eigenvalue weighted by Gasteiger charge is -2.12. The zero-order valence-corrected chi connectivity index (χ0v) is 14.6. The Morgan fingerprint density at radius 3 is 2.17 bits per heavy atom. The summed E-state index contributed by atoms with van der Waals surface area (Å²) < 4.78 is 10.3. The molecule has 0 saturated heterocycles. The van der Waals surface area contributed by atoms with E-state index in [1.807, 2.05) is 0 Å². The molecule has 0 saturated carbocycles. The minimum atomic E-state index is -0.319. The maximum atomic E-state index is 11.9. The molecule has 0 aliphatic heterocycles. The standard InChI is InChI=1S/C15H23N3O4.ClH/c1-10(8-16-2)15(20)17-9-14(19)18-11-5-12(21-3)7-13(6-11)22-4;/h5-7,10,16H,8-9H2,1-4H3,(H,17,20)(H,18,19);1H. The van der Waals surface area contributed by atoms with Crippen molar-refractivity contribution in [2.45, 2.75) is 6.92 Å². The van der Waals surface area contributed by atoms with Crippen molar-refractivity contribution in [3.8, 4) is 11.5 Å². The zero-order valence-electron chi connectivity index (χ0n) is 13.8. The topological polar surface area (TPSA) is 88.7 Å². The summed E-state index contributed by atoms with van der Waals surface area (Å²) in [6.07, 6.45) is 0. The first-order chi connectivity index (χ1) is 10.5. The van der Waals surface area contributed by atoms with Crippen molar-refractivity contribution in [2.24, 2.45) is 5.92 Å². The Labute approximate surface area is 142 Å². The zero-order chi connectivity index (χ0) is 16.5. The molecule has 0 aliphatic carbocycles. The van der Waals surface area contributed by atoms with E-state index in [1.165, 1.54) is 14.2 Å². The van der Waals surface area contributed by atoms with Gasteiger partial charge in [-0.15, -0.1) is 12.4 Å². The molecule has 0 spiro atoms. The van der Waals surface area contributed by atoms with E-state index < -0.39 is 0 Å². The van der Waals surface area contributed by atoms with Crippen molar-refractivity contribution in [1.82, 2.24) is 10.6 Å². The highest BCUT2D eigenvalue weighted by Crippen LogP contribution is 2.25. The maximum Gasteiger partial charge on any atom is 0.243 e. The van der Waals surface area contributed by atoms with Gasteiger partial charge in [0.15, 0.2) is 0 Å². The van der Waals surface area contributed by atoms with Gasteiger partial charge >= 0.3 is 0 Å². The number of nitrogens with one attached hydrogen (secondary N) is 3. The molecule has 0 fully saturated rings. The van der Waals surface area contributed by atoms with Crippen LogP contribution in [0.3, 0.4) is 0 Å². The molecular weight excluding hydrogens is 322 g/mol. The summed E-state index contributed by atoms with van der Waals surface area (Å²) in [5.41, 5.74) is 0.540. The minimum Gasteiger partial charge on any atom is -0.497 e. The van der Waals surface area contributed by atoms with Gasteiger partial charge in [0.05, 0.1) is 20.8 Å². The number of halogens is 1. The van der Waals surface area contributed by atoms with Gasteiger partial charge in [-0.05, 0) is 7.05 Å². The average Bonchev–Trinajstić information content (AvgIpc) is 2.52. The number of hydrogen-bond acceptors (Lipinski definition) is 5. The van der Waals surface area contributed by atoms with Crippen molar-refractivity contribution < 1.29 is 19.1 Å². The van der Waals surface area contributed by atoms with E-state index in [9.17, 15) is 9.59 Å². The number of rotatable bonds is 8. The third-order valence-electron chi connectivity index (χ3n) is 3.02. The summed E-state index contributed by atoms with van der Waals surface area (Å²) in [7, 11) is 4.83. The third kappa shape index (κ3) is 7.21. The van der Waals surface area contributed by atoms with Gasteiger partial charge in [0.2, 0.25) is 11.8 Å². The molecule has 23 heavy (non-hydrogen) atoms. The van der Waals surface area contributed by atoms with Gasteiger partial charge in [-0.1, -0.05) is 6.92 Å². The van der Waals surface area contributed by atoms with Crippen LogP contribution >= 0.6 is 12.4 Å². The summed E-state index contributed by atoms with van der Waals surface area (Å²) in [6, 6.07) is 5.05. The number of methoxy groups -OCH3 is 2. The quantitative estimate of drug-likeness (QED) is 0.655. The van der Waals surface area contributed by atoms with Crippen molar-refractivity contribution >= 4 is 29.9 Å². The monoisotopic (exact) mass is 345 g/mol. The van der Waals surface area contributed by atoms with Gasteiger partial charge in [-0.25, -0.2) is 0 Å². The molecule has 130 valence electrons. The molecule has 1 atom stereocenters. The highest BCUT2D eigenvalue weighted by Gasteiger charge is 2.13. The number of benzene rings is 1. The van der Waals surface area contributed by atoms with Crippen LogP contribution in [0.4, 0.5) is 5.69 Å². The lowest BCUT2D eigenvalue weighted by atomic mass is 10.1. The van der Waals surface area contributed by atoms with Crippen LogP contribution in [0, 0.1) is 5.92 Å². The molecule has 0 bridgehead atoms.